The van der Waals surface area contributed by atoms with Gasteiger partial charge in [0.1, 0.15) is 0 Å². The highest BCUT2D eigenvalue weighted by Gasteiger charge is 2.18. The van der Waals surface area contributed by atoms with Crippen molar-refractivity contribution in [3.63, 3.8) is 0 Å². The zero-order valence-electron chi connectivity index (χ0n) is 12.3. The molecule has 0 heterocycles. The van der Waals surface area contributed by atoms with Gasteiger partial charge in [-0.2, -0.15) is 0 Å². The molecule has 0 spiro atoms. The molecule has 20 heavy (non-hydrogen) atoms. The number of esters is 1. The van der Waals surface area contributed by atoms with Gasteiger partial charge in [0, 0.05) is 0 Å². The van der Waals surface area contributed by atoms with Crippen LogP contribution >= 0.6 is 0 Å². The monoisotopic (exact) mass is 278 g/mol. The second-order valence-corrected chi connectivity index (χ2v) is 5.11. The Balaban J connectivity index is 2.88. The van der Waals surface area contributed by atoms with Crippen LogP contribution in [-0.2, 0) is 4.74 Å². The van der Waals surface area contributed by atoms with Crippen molar-refractivity contribution in [1.29, 1.82) is 0 Å². The number of carboxylic acid groups (broad SMARTS) is 1. The first kappa shape index (κ1) is 16.2. The molecule has 0 saturated carbocycles. The van der Waals surface area contributed by atoms with Crippen molar-refractivity contribution < 1.29 is 19.4 Å². The fourth-order valence-corrected chi connectivity index (χ4v) is 1.87. The van der Waals surface area contributed by atoms with Crippen LogP contribution in [0, 0.1) is 0 Å². The fourth-order valence-electron chi connectivity index (χ4n) is 1.87. The fraction of sp³-hybridized carbons (Fsp3) is 0.500. The van der Waals surface area contributed by atoms with Gasteiger partial charge >= 0.3 is 11.9 Å². The van der Waals surface area contributed by atoms with Gasteiger partial charge in [0.2, 0.25) is 0 Å². The number of hydrogen-bond acceptors (Lipinski definition) is 3. The van der Waals surface area contributed by atoms with E-state index in [0.717, 1.165) is 24.8 Å². The van der Waals surface area contributed by atoms with Crippen molar-refractivity contribution >= 4 is 11.9 Å². The van der Waals surface area contributed by atoms with Gasteiger partial charge in [-0.3, -0.25) is 0 Å². The minimum atomic E-state index is -1.10. The summed E-state index contributed by atoms with van der Waals surface area (Å²) in [5, 5.41) is 9.22. The first-order chi connectivity index (χ1) is 9.47. The van der Waals surface area contributed by atoms with Crippen molar-refractivity contribution in [3.8, 4) is 0 Å². The van der Waals surface area contributed by atoms with Gasteiger partial charge in [-0.05, 0) is 30.0 Å². The Bertz CT molecular complexity index is 477. The van der Waals surface area contributed by atoms with Gasteiger partial charge in [-0.15, -0.1) is 0 Å². The number of rotatable bonds is 7. The van der Waals surface area contributed by atoms with E-state index in [1.807, 2.05) is 13.8 Å². The molecule has 4 heteroatoms. The number of carbonyl (C=O) groups is 2. The average Bonchev–Trinajstić information content (AvgIpc) is 2.42. The van der Waals surface area contributed by atoms with E-state index in [1.54, 1.807) is 18.2 Å². The minimum absolute atomic E-state index is 0.0108. The number of aromatic carboxylic acids is 1. The molecule has 4 nitrogen and oxygen atoms in total. The highest BCUT2D eigenvalue weighted by molar-refractivity contribution is 6.02. The molecule has 1 aromatic carbocycles. The molecule has 110 valence electrons. The molecule has 0 atom stereocenters. The lowest BCUT2D eigenvalue weighted by Gasteiger charge is -2.11. The van der Waals surface area contributed by atoms with Crippen molar-refractivity contribution in [2.75, 3.05) is 6.61 Å². The van der Waals surface area contributed by atoms with Crippen LogP contribution in [-0.4, -0.2) is 23.7 Å². The summed E-state index contributed by atoms with van der Waals surface area (Å²) in [6.45, 7) is 6.35. The number of carboxylic acids is 1. The predicted octanol–water partition coefficient (Wildman–Crippen LogP) is 3.86. The van der Waals surface area contributed by atoms with E-state index in [4.69, 9.17) is 4.74 Å². The van der Waals surface area contributed by atoms with E-state index < -0.39 is 11.9 Å². The molecule has 1 N–H and O–H groups in total. The summed E-state index contributed by atoms with van der Waals surface area (Å²) in [7, 11) is 0. The number of ether oxygens (including phenoxy) is 1. The Labute approximate surface area is 119 Å². The highest BCUT2D eigenvalue weighted by Crippen LogP contribution is 2.20. The van der Waals surface area contributed by atoms with Gasteiger partial charge in [-0.1, -0.05) is 39.7 Å². The van der Waals surface area contributed by atoms with E-state index in [9.17, 15) is 14.7 Å². The van der Waals surface area contributed by atoms with Crippen LogP contribution < -0.4 is 0 Å². The first-order valence-electron chi connectivity index (χ1n) is 7.01. The van der Waals surface area contributed by atoms with E-state index >= 15 is 0 Å². The van der Waals surface area contributed by atoms with Crippen LogP contribution in [0.2, 0.25) is 0 Å². The van der Waals surface area contributed by atoms with Crippen LogP contribution in [0.5, 0.6) is 0 Å². The molecule has 0 bridgehead atoms. The van der Waals surface area contributed by atoms with Crippen molar-refractivity contribution in [3.05, 3.63) is 34.9 Å². The number of hydrogen-bond donors (Lipinski definition) is 1. The van der Waals surface area contributed by atoms with Crippen LogP contribution in [0.3, 0.4) is 0 Å². The maximum Gasteiger partial charge on any atom is 0.339 e. The summed E-state index contributed by atoms with van der Waals surface area (Å²) in [4.78, 5) is 23.2. The minimum Gasteiger partial charge on any atom is -0.478 e. The standard InChI is InChI=1S/C16H22O4/c1-4-5-6-9-20-16(19)13-8-7-12(11(2)3)10-14(13)15(17)18/h7-8,10-11H,4-6,9H2,1-3H3,(H,17,18). The van der Waals surface area contributed by atoms with Gasteiger partial charge in [0.25, 0.3) is 0 Å². The summed E-state index contributed by atoms with van der Waals surface area (Å²) in [5.41, 5.74) is 1.03. The molecule has 0 aliphatic heterocycles. The largest absolute Gasteiger partial charge is 0.478 e. The lowest BCUT2D eigenvalue weighted by molar-refractivity contribution is 0.0488. The zero-order valence-corrected chi connectivity index (χ0v) is 12.3. The summed E-state index contributed by atoms with van der Waals surface area (Å²) >= 11 is 0. The van der Waals surface area contributed by atoms with Gasteiger partial charge < -0.3 is 9.84 Å². The second-order valence-electron chi connectivity index (χ2n) is 5.11. The molecule has 0 fully saturated rings. The molecule has 0 radical (unpaired) electrons. The number of unbranched alkanes of at least 4 members (excludes halogenated alkanes) is 2. The average molecular weight is 278 g/mol. The zero-order chi connectivity index (χ0) is 15.1. The van der Waals surface area contributed by atoms with Gasteiger partial charge in [0.05, 0.1) is 17.7 Å². The summed E-state index contributed by atoms with van der Waals surface area (Å²) in [6.07, 6.45) is 2.83. The smallest absolute Gasteiger partial charge is 0.339 e. The maximum atomic E-state index is 11.9. The molecule has 0 aliphatic rings. The highest BCUT2D eigenvalue weighted by atomic mass is 16.5. The molecular formula is C16H22O4. The van der Waals surface area contributed by atoms with Crippen LogP contribution in [0.1, 0.15) is 72.2 Å². The molecule has 0 aliphatic carbocycles. The first-order valence-corrected chi connectivity index (χ1v) is 7.01. The topological polar surface area (TPSA) is 63.6 Å². The van der Waals surface area contributed by atoms with E-state index in [-0.39, 0.29) is 17.0 Å². The summed E-state index contributed by atoms with van der Waals surface area (Å²) in [6, 6.07) is 4.87. The van der Waals surface area contributed by atoms with Crippen molar-refractivity contribution in [2.24, 2.45) is 0 Å². The SMILES string of the molecule is CCCCCOC(=O)c1ccc(C(C)C)cc1C(=O)O. The number of benzene rings is 1. The molecule has 0 unspecified atom stereocenters. The third-order valence-electron chi connectivity index (χ3n) is 3.14. The predicted molar refractivity (Wildman–Crippen MR) is 77.3 cm³/mol. The lowest BCUT2D eigenvalue weighted by atomic mass is 9.97. The van der Waals surface area contributed by atoms with Crippen LogP contribution in [0.15, 0.2) is 18.2 Å². The van der Waals surface area contributed by atoms with Crippen molar-refractivity contribution in [2.45, 2.75) is 46.0 Å². The quantitative estimate of drug-likeness (QED) is 0.607. The summed E-state index contributed by atoms with van der Waals surface area (Å²) in [5.74, 6) is -1.45. The Morgan fingerprint density at radius 3 is 2.45 bits per heavy atom. The Morgan fingerprint density at radius 2 is 1.90 bits per heavy atom. The van der Waals surface area contributed by atoms with E-state index in [0.29, 0.717) is 6.61 Å². The molecule has 0 saturated heterocycles. The molecule has 0 amide bonds. The third kappa shape index (κ3) is 4.37. The van der Waals surface area contributed by atoms with Crippen LogP contribution in [0.4, 0.5) is 0 Å². The molecule has 1 aromatic rings. The summed E-state index contributed by atoms with van der Waals surface area (Å²) < 4.78 is 5.12. The van der Waals surface area contributed by atoms with Crippen LogP contribution in [0.25, 0.3) is 0 Å². The van der Waals surface area contributed by atoms with E-state index in [1.165, 1.54) is 0 Å². The van der Waals surface area contributed by atoms with Crippen molar-refractivity contribution in [1.82, 2.24) is 0 Å². The molecular weight excluding hydrogens is 256 g/mol. The maximum absolute atomic E-state index is 11.9. The lowest BCUT2D eigenvalue weighted by Crippen LogP contribution is -2.13. The van der Waals surface area contributed by atoms with Gasteiger partial charge in [-0.25, -0.2) is 9.59 Å². The number of carbonyl (C=O) groups excluding carboxylic acids is 1. The normalized spacial score (nSPS) is 10.6. The second kappa shape index (κ2) is 7.68. The molecule has 1 rings (SSSR count). The third-order valence-corrected chi connectivity index (χ3v) is 3.14. The Hall–Kier alpha value is -1.84. The van der Waals surface area contributed by atoms with Gasteiger partial charge in [0.15, 0.2) is 0 Å². The van der Waals surface area contributed by atoms with E-state index in [2.05, 4.69) is 6.92 Å². The Kier molecular flexibility index (Phi) is 6.22. The molecule has 0 aromatic heterocycles. The Morgan fingerprint density at radius 1 is 1.20 bits per heavy atom.